The second-order valence-electron chi connectivity index (χ2n) is 4.36. The van der Waals surface area contributed by atoms with Crippen molar-refractivity contribution >= 4 is 27.6 Å². The summed E-state index contributed by atoms with van der Waals surface area (Å²) in [6.07, 6.45) is 0. The van der Waals surface area contributed by atoms with E-state index in [0.29, 0.717) is 6.54 Å². The van der Waals surface area contributed by atoms with Gasteiger partial charge in [0.15, 0.2) is 0 Å². The molecule has 0 spiro atoms. The number of phenols is 1. The first-order valence-corrected chi connectivity index (χ1v) is 6.90. The Bertz CT molecular complexity index is 582. The lowest BCUT2D eigenvalue weighted by Gasteiger charge is -2.18. The number of halogens is 1. The van der Waals surface area contributed by atoms with Crippen molar-refractivity contribution in [3.63, 3.8) is 0 Å². The van der Waals surface area contributed by atoms with E-state index in [2.05, 4.69) is 21.2 Å². The molecular formula is C15H15BrN2O2. The zero-order valence-electron chi connectivity index (χ0n) is 11.0. The summed E-state index contributed by atoms with van der Waals surface area (Å²) >= 11 is 3.37. The Morgan fingerprint density at radius 1 is 1.15 bits per heavy atom. The van der Waals surface area contributed by atoms with Crippen molar-refractivity contribution in [3.05, 3.63) is 58.6 Å². The van der Waals surface area contributed by atoms with Gasteiger partial charge in [-0.2, -0.15) is 0 Å². The number of aromatic hydroxyl groups is 1. The fourth-order valence-corrected chi connectivity index (χ4v) is 1.96. The number of amides is 2. The highest BCUT2D eigenvalue weighted by atomic mass is 79.9. The number of anilines is 1. The van der Waals surface area contributed by atoms with E-state index in [1.54, 1.807) is 31.3 Å². The number of hydrogen-bond donors (Lipinski definition) is 2. The van der Waals surface area contributed by atoms with Crippen LogP contribution in [0.3, 0.4) is 0 Å². The van der Waals surface area contributed by atoms with Gasteiger partial charge in [-0.05, 0) is 42.0 Å². The number of rotatable bonds is 3. The molecule has 0 atom stereocenters. The van der Waals surface area contributed by atoms with Crippen molar-refractivity contribution in [2.75, 3.05) is 11.9 Å². The predicted molar refractivity (Wildman–Crippen MR) is 82.9 cm³/mol. The van der Waals surface area contributed by atoms with Crippen LogP contribution in [0.15, 0.2) is 53.0 Å². The quantitative estimate of drug-likeness (QED) is 0.902. The van der Waals surface area contributed by atoms with Crippen LogP contribution in [0, 0.1) is 0 Å². The van der Waals surface area contributed by atoms with Gasteiger partial charge in [-0.15, -0.1) is 0 Å². The molecule has 0 saturated heterocycles. The molecule has 0 saturated carbocycles. The van der Waals surface area contributed by atoms with Gasteiger partial charge in [-0.1, -0.05) is 28.1 Å². The molecule has 0 aromatic heterocycles. The molecular weight excluding hydrogens is 320 g/mol. The predicted octanol–water partition coefficient (Wildman–Crippen LogP) is 3.50. The third kappa shape index (κ3) is 3.74. The molecule has 0 unspecified atom stereocenters. The lowest BCUT2D eigenvalue weighted by atomic mass is 10.2. The van der Waals surface area contributed by atoms with E-state index in [0.717, 1.165) is 15.7 Å². The molecule has 2 aromatic carbocycles. The van der Waals surface area contributed by atoms with Gasteiger partial charge >= 0.3 is 6.03 Å². The van der Waals surface area contributed by atoms with Crippen LogP contribution in [-0.2, 0) is 6.54 Å². The molecule has 104 valence electrons. The summed E-state index contributed by atoms with van der Waals surface area (Å²) in [7, 11) is 1.68. The van der Waals surface area contributed by atoms with Crippen LogP contribution in [0.25, 0.3) is 0 Å². The van der Waals surface area contributed by atoms with Gasteiger partial charge in [0.05, 0.1) is 0 Å². The molecule has 5 heteroatoms. The molecule has 2 aromatic rings. The number of nitrogens with zero attached hydrogens (tertiary/aromatic N) is 1. The number of hydrogen-bond acceptors (Lipinski definition) is 2. The average Bonchev–Trinajstić information content (AvgIpc) is 2.46. The minimum Gasteiger partial charge on any atom is -0.508 e. The molecule has 0 radical (unpaired) electrons. The molecule has 4 nitrogen and oxygen atoms in total. The van der Waals surface area contributed by atoms with Gasteiger partial charge in [-0.3, -0.25) is 4.90 Å². The van der Waals surface area contributed by atoms with Gasteiger partial charge in [0.25, 0.3) is 0 Å². The summed E-state index contributed by atoms with van der Waals surface area (Å²) in [4.78, 5) is 13.5. The summed E-state index contributed by atoms with van der Waals surface area (Å²) in [5.41, 5.74) is 1.75. The summed E-state index contributed by atoms with van der Waals surface area (Å²) < 4.78 is 1.01. The van der Waals surface area contributed by atoms with Crippen molar-refractivity contribution in [1.82, 2.24) is 5.32 Å². The first kappa shape index (κ1) is 14.4. The number of benzene rings is 2. The van der Waals surface area contributed by atoms with E-state index in [1.807, 2.05) is 24.3 Å². The molecule has 0 aliphatic heterocycles. The third-order valence-corrected chi connectivity index (χ3v) is 3.43. The van der Waals surface area contributed by atoms with Crippen LogP contribution in [-0.4, -0.2) is 18.2 Å². The van der Waals surface area contributed by atoms with E-state index in [1.165, 1.54) is 4.90 Å². The second kappa shape index (κ2) is 6.43. The first-order valence-electron chi connectivity index (χ1n) is 6.11. The minimum absolute atomic E-state index is 0.178. The number of carbonyl (C=O) groups is 1. The SMILES string of the molecule is CN(C(=O)NCc1ccc(Br)cc1)c1ccc(O)cc1. The lowest BCUT2D eigenvalue weighted by Crippen LogP contribution is -2.36. The summed E-state index contributed by atoms with van der Waals surface area (Å²) in [5.74, 6) is 0.178. The molecule has 2 N–H and O–H groups in total. The number of nitrogens with one attached hydrogen (secondary N) is 1. The minimum atomic E-state index is -0.196. The van der Waals surface area contributed by atoms with Crippen molar-refractivity contribution < 1.29 is 9.90 Å². The lowest BCUT2D eigenvalue weighted by molar-refractivity contribution is 0.247. The largest absolute Gasteiger partial charge is 0.508 e. The fourth-order valence-electron chi connectivity index (χ4n) is 1.69. The average molecular weight is 335 g/mol. The standard InChI is InChI=1S/C15H15BrN2O2/c1-18(13-6-8-14(19)9-7-13)15(20)17-10-11-2-4-12(16)5-3-11/h2-9,19H,10H2,1H3,(H,17,20). The van der Waals surface area contributed by atoms with Crippen LogP contribution < -0.4 is 10.2 Å². The first-order chi connectivity index (χ1) is 9.56. The highest BCUT2D eigenvalue weighted by Gasteiger charge is 2.10. The Kier molecular flexibility index (Phi) is 4.63. The smallest absolute Gasteiger partial charge is 0.321 e. The van der Waals surface area contributed by atoms with E-state index in [9.17, 15) is 9.90 Å². The summed E-state index contributed by atoms with van der Waals surface area (Å²) in [5, 5.41) is 12.1. The van der Waals surface area contributed by atoms with Crippen molar-refractivity contribution in [1.29, 1.82) is 0 Å². The highest BCUT2D eigenvalue weighted by Crippen LogP contribution is 2.17. The van der Waals surface area contributed by atoms with E-state index in [4.69, 9.17) is 0 Å². The van der Waals surface area contributed by atoms with Crippen LogP contribution in [0.2, 0.25) is 0 Å². The van der Waals surface area contributed by atoms with E-state index < -0.39 is 0 Å². The zero-order chi connectivity index (χ0) is 14.5. The Morgan fingerprint density at radius 2 is 1.75 bits per heavy atom. The Morgan fingerprint density at radius 3 is 2.35 bits per heavy atom. The van der Waals surface area contributed by atoms with Crippen LogP contribution in [0.4, 0.5) is 10.5 Å². The third-order valence-electron chi connectivity index (χ3n) is 2.90. The molecule has 2 amide bonds. The molecule has 20 heavy (non-hydrogen) atoms. The molecule has 0 aliphatic carbocycles. The van der Waals surface area contributed by atoms with Gasteiger partial charge in [-0.25, -0.2) is 4.79 Å². The normalized spacial score (nSPS) is 10.1. The maximum Gasteiger partial charge on any atom is 0.321 e. The van der Waals surface area contributed by atoms with E-state index >= 15 is 0 Å². The number of urea groups is 1. The van der Waals surface area contributed by atoms with Crippen LogP contribution in [0.1, 0.15) is 5.56 Å². The van der Waals surface area contributed by atoms with Gasteiger partial charge < -0.3 is 10.4 Å². The van der Waals surface area contributed by atoms with Crippen LogP contribution >= 0.6 is 15.9 Å². The van der Waals surface area contributed by atoms with E-state index in [-0.39, 0.29) is 11.8 Å². The topological polar surface area (TPSA) is 52.6 Å². The summed E-state index contributed by atoms with van der Waals surface area (Å²) in [6, 6.07) is 14.1. The second-order valence-corrected chi connectivity index (χ2v) is 5.28. The Hall–Kier alpha value is -2.01. The summed E-state index contributed by atoms with van der Waals surface area (Å²) in [6.45, 7) is 0.467. The zero-order valence-corrected chi connectivity index (χ0v) is 12.6. The Balaban J connectivity index is 1.94. The maximum absolute atomic E-state index is 12.0. The van der Waals surface area contributed by atoms with Crippen LogP contribution in [0.5, 0.6) is 5.75 Å². The fraction of sp³-hybridized carbons (Fsp3) is 0.133. The molecule has 0 heterocycles. The molecule has 0 fully saturated rings. The monoisotopic (exact) mass is 334 g/mol. The molecule has 2 rings (SSSR count). The molecule has 0 aliphatic rings. The number of carbonyl (C=O) groups excluding carboxylic acids is 1. The highest BCUT2D eigenvalue weighted by molar-refractivity contribution is 9.10. The Labute approximate surface area is 126 Å². The van der Waals surface area contributed by atoms with Crippen molar-refractivity contribution in [3.8, 4) is 5.75 Å². The van der Waals surface area contributed by atoms with Gasteiger partial charge in [0.2, 0.25) is 0 Å². The molecule has 0 bridgehead atoms. The maximum atomic E-state index is 12.0. The van der Waals surface area contributed by atoms with Crippen molar-refractivity contribution in [2.24, 2.45) is 0 Å². The van der Waals surface area contributed by atoms with Crippen molar-refractivity contribution in [2.45, 2.75) is 6.54 Å². The van der Waals surface area contributed by atoms with Gasteiger partial charge in [0, 0.05) is 23.8 Å². The van der Waals surface area contributed by atoms with Gasteiger partial charge in [0.1, 0.15) is 5.75 Å². The number of phenolic OH excluding ortho intramolecular Hbond substituents is 1.